The summed E-state index contributed by atoms with van der Waals surface area (Å²) in [6, 6.07) is 4.25. The second-order valence-electron chi connectivity index (χ2n) is 4.93. The van der Waals surface area contributed by atoms with Crippen LogP contribution in [0.15, 0.2) is 17.5 Å². The van der Waals surface area contributed by atoms with Gasteiger partial charge in [0.15, 0.2) is 0 Å². The lowest BCUT2D eigenvalue weighted by molar-refractivity contribution is 0.0616. The van der Waals surface area contributed by atoms with E-state index in [1.807, 2.05) is 0 Å². The van der Waals surface area contributed by atoms with E-state index in [4.69, 9.17) is 4.74 Å². The molecule has 0 aromatic carbocycles. The van der Waals surface area contributed by atoms with Crippen LogP contribution >= 0.6 is 11.3 Å². The van der Waals surface area contributed by atoms with Gasteiger partial charge in [-0.2, -0.15) is 0 Å². The van der Waals surface area contributed by atoms with Gasteiger partial charge in [-0.3, -0.25) is 0 Å². The maximum absolute atomic E-state index is 5.75. The molecule has 1 N–H and O–H groups in total. The third-order valence-corrected chi connectivity index (χ3v) is 3.52. The lowest BCUT2D eigenvalue weighted by Crippen LogP contribution is -2.26. The van der Waals surface area contributed by atoms with Crippen molar-refractivity contribution in [3.05, 3.63) is 22.4 Å². The zero-order valence-electron chi connectivity index (χ0n) is 11.2. The van der Waals surface area contributed by atoms with Crippen molar-refractivity contribution in [2.24, 2.45) is 5.92 Å². The third-order valence-electron chi connectivity index (χ3n) is 2.64. The van der Waals surface area contributed by atoms with Gasteiger partial charge in [-0.05, 0) is 37.1 Å². The molecule has 17 heavy (non-hydrogen) atoms. The summed E-state index contributed by atoms with van der Waals surface area (Å²) < 4.78 is 5.75. The second kappa shape index (κ2) is 8.67. The highest BCUT2D eigenvalue weighted by Gasteiger charge is 2.02. The Hall–Kier alpha value is -0.380. The maximum atomic E-state index is 5.75. The molecule has 0 fully saturated rings. The monoisotopic (exact) mass is 255 g/mol. The molecule has 2 nitrogen and oxygen atoms in total. The first-order valence-electron chi connectivity index (χ1n) is 6.53. The van der Waals surface area contributed by atoms with E-state index in [1.165, 1.54) is 17.7 Å². The normalized spacial score (nSPS) is 13.2. The number of ether oxygens (including phenoxy) is 1. The predicted octanol–water partition coefficient (Wildman–Crippen LogP) is 3.68. The Bertz CT molecular complexity index is 272. The molecule has 0 radical (unpaired) electrons. The standard InChI is InChI=1S/C14H25NOS/c1-12(2)6-4-8-16-13(3)10-15-11-14-7-5-9-17-14/h5,7,9,12-13,15H,4,6,8,10-11H2,1-3H3. The van der Waals surface area contributed by atoms with Crippen LogP contribution in [0, 0.1) is 5.92 Å². The molecule has 0 aliphatic carbocycles. The molecule has 0 saturated carbocycles. The molecule has 0 bridgehead atoms. The number of rotatable bonds is 9. The number of hydrogen-bond donors (Lipinski definition) is 1. The largest absolute Gasteiger partial charge is 0.377 e. The van der Waals surface area contributed by atoms with Crippen molar-refractivity contribution in [3.8, 4) is 0 Å². The molecule has 1 heterocycles. The van der Waals surface area contributed by atoms with E-state index in [0.29, 0.717) is 6.10 Å². The van der Waals surface area contributed by atoms with Gasteiger partial charge in [-0.25, -0.2) is 0 Å². The third kappa shape index (κ3) is 7.53. The number of thiophene rings is 1. The highest BCUT2D eigenvalue weighted by molar-refractivity contribution is 7.09. The van der Waals surface area contributed by atoms with E-state index < -0.39 is 0 Å². The maximum Gasteiger partial charge on any atom is 0.0671 e. The van der Waals surface area contributed by atoms with E-state index in [1.54, 1.807) is 11.3 Å². The Morgan fingerprint density at radius 1 is 1.35 bits per heavy atom. The molecule has 1 atom stereocenters. The van der Waals surface area contributed by atoms with Crippen molar-refractivity contribution >= 4 is 11.3 Å². The molecular weight excluding hydrogens is 230 g/mol. The Morgan fingerprint density at radius 2 is 2.18 bits per heavy atom. The van der Waals surface area contributed by atoms with Gasteiger partial charge in [0, 0.05) is 24.6 Å². The minimum absolute atomic E-state index is 0.308. The van der Waals surface area contributed by atoms with Crippen LogP contribution in [0.4, 0.5) is 0 Å². The van der Waals surface area contributed by atoms with Crippen LogP contribution in [0.2, 0.25) is 0 Å². The fraction of sp³-hybridized carbons (Fsp3) is 0.714. The van der Waals surface area contributed by atoms with Gasteiger partial charge >= 0.3 is 0 Å². The second-order valence-corrected chi connectivity index (χ2v) is 5.96. The first kappa shape index (κ1) is 14.7. The first-order chi connectivity index (χ1) is 8.18. The summed E-state index contributed by atoms with van der Waals surface area (Å²) in [5.74, 6) is 0.783. The van der Waals surface area contributed by atoms with Crippen molar-refractivity contribution in [2.75, 3.05) is 13.2 Å². The SMILES string of the molecule is CC(C)CCCOC(C)CNCc1cccs1. The highest BCUT2D eigenvalue weighted by atomic mass is 32.1. The summed E-state index contributed by atoms with van der Waals surface area (Å²) in [5, 5.41) is 5.54. The topological polar surface area (TPSA) is 21.3 Å². The summed E-state index contributed by atoms with van der Waals surface area (Å²) in [7, 11) is 0. The average molecular weight is 255 g/mol. The number of nitrogens with one attached hydrogen (secondary N) is 1. The Labute approximate surface area is 109 Å². The van der Waals surface area contributed by atoms with Crippen LogP contribution in [-0.4, -0.2) is 19.3 Å². The molecule has 1 aromatic heterocycles. The van der Waals surface area contributed by atoms with Crippen molar-refractivity contribution in [3.63, 3.8) is 0 Å². The molecule has 1 unspecified atom stereocenters. The van der Waals surface area contributed by atoms with Gasteiger partial charge in [-0.1, -0.05) is 19.9 Å². The van der Waals surface area contributed by atoms with E-state index in [0.717, 1.165) is 25.6 Å². The van der Waals surface area contributed by atoms with Crippen LogP contribution in [0.5, 0.6) is 0 Å². The fourth-order valence-corrected chi connectivity index (χ4v) is 2.32. The van der Waals surface area contributed by atoms with E-state index in [2.05, 4.69) is 43.6 Å². The van der Waals surface area contributed by atoms with Gasteiger partial charge in [-0.15, -0.1) is 11.3 Å². The van der Waals surface area contributed by atoms with E-state index >= 15 is 0 Å². The Balaban J connectivity index is 1.96. The van der Waals surface area contributed by atoms with Crippen LogP contribution in [0.3, 0.4) is 0 Å². The smallest absolute Gasteiger partial charge is 0.0671 e. The van der Waals surface area contributed by atoms with Gasteiger partial charge in [0.2, 0.25) is 0 Å². The molecule has 0 saturated heterocycles. The van der Waals surface area contributed by atoms with Crippen LogP contribution in [0.1, 0.15) is 38.5 Å². The number of hydrogen-bond acceptors (Lipinski definition) is 3. The molecule has 0 spiro atoms. The molecule has 0 aliphatic rings. The van der Waals surface area contributed by atoms with E-state index in [9.17, 15) is 0 Å². The summed E-state index contributed by atoms with van der Waals surface area (Å²) in [6.07, 6.45) is 2.74. The Kier molecular flexibility index (Phi) is 7.49. The minimum atomic E-state index is 0.308. The summed E-state index contributed by atoms with van der Waals surface area (Å²) in [6.45, 7) is 9.42. The lowest BCUT2D eigenvalue weighted by Gasteiger charge is -2.14. The first-order valence-corrected chi connectivity index (χ1v) is 7.41. The molecule has 1 aromatic rings. The lowest BCUT2D eigenvalue weighted by atomic mass is 10.1. The van der Waals surface area contributed by atoms with Gasteiger partial charge in [0.05, 0.1) is 6.10 Å². The summed E-state index contributed by atoms with van der Waals surface area (Å²) in [5.41, 5.74) is 0. The molecule has 1 rings (SSSR count). The summed E-state index contributed by atoms with van der Waals surface area (Å²) in [4.78, 5) is 1.39. The Morgan fingerprint density at radius 3 is 2.82 bits per heavy atom. The molecule has 0 amide bonds. The zero-order chi connectivity index (χ0) is 12.5. The van der Waals surface area contributed by atoms with Gasteiger partial charge < -0.3 is 10.1 Å². The molecule has 3 heteroatoms. The van der Waals surface area contributed by atoms with Crippen LogP contribution in [0.25, 0.3) is 0 Å². The highest BCUT2D eigenvalue weighted by Crippen LogP contribution is 2.07. The van der Waals surface area contributed by atoms with Crippen LogP contribution < -0.4 is 5.32 Å². The van der Waals surface area contributed by atoms with Crippen molar-refractivity contribution in [1.82, 2.24) is 5.32 Å². The van der Waals surface area contributed by atoms with Crippen molar-refractivity contribution in [2.45, 2.75) is 46.3 Å². The minimum Gasteiger partial charge on any atom is -0.377 e. The quantitative estimate of drug-likeness (QED) is 0.680. The predicted molar refractivity (Wildman–Crippen MR) is 75.5 cm³/mol. The van der Waals surface area contributed by atoms with Gasteiger partial charge in [0.1, 0.15) is 0 Å². The fourth-order valence-electron chi connectivity index (χ4n) is 1.65. The van der Waals surface area contributed by atoms with Crippen molar-refractivity contribution < 1.29 is 4.74 Å². The van der Waals surface area contributed by atoms with Crippen molar-refractivity contribution in [1.29, 1.82) is 0 Å². The zero-order valence-corrected chi connectivity index (χ0v) is 12.1. The summed E-state index contributed by atoms with van der Waals surface area (Å²) >= 11 is 1.80. The molecule has 0 aliphatic heterocycles. The molecular formula is C14H25NOS. The van der Waals surface area contributed by atoms with Crippen LogP contribution in [-0.2, 0) is 11.3 Å². The average Bonchev–Trinajstić information content (AvgIpc) is 2.77. The van der Waals surface area contributed by atoms with Gasteiger partial charge in [0.25, 0.3) is 0 Å². The molecule has 98 valence electrons. The van der Waals surface area contributed by atoms with E-state index in [-0.39, 0.29) is 0 Å².